The standard InChI is InChI=1S/C20H23N7O2/c1-3-16-11-18(23-19(22-16)14-6-8-17(9-7-14)27(28)29)26-10-4-5-15(12-26)20-21-13(2)24-25-20/h6-9,11,15H,3-5,10,12H2,1-2H3,(H,21,24,25). The van der Waals surface area contributed by atoms with Crippen LogP contribution in [0, 0.1) is 17.0 Å². The Hall–Kier alpha value is -3.36. The van der Waals surface area contributed by atoms with Crippen molar-refractivity contribution in [3.8, 4) is 11.4 Å². The van der Waals surface area contributed by atoms with Gasteiger partial charge in [0.1, 0.15) is 11.6 Å². The Balaban J connectivity index is 1.63. The molecule has 1 atom stereocenters. The zero-order valence-electron chi connectivity index (χ0n) is 16.5. The van der Waals surface area contributed by atoms with Crippen molar-refractivity contribution in [1.29, 1.82) is 0 Å². The third kappa shape index (κ3) is 4.08. The van der Waals surface area contributed by atoms with Crippen LogP contribution in [-0.4, -0.2) is 43.2 Å². The van der Waals surface area contributed by atoms with E-state index in [2.05, 4.69) is 32.0 Å². The van der Waals surface area contributed by atoms with Crippen LogP contribution < -0.4 is 4.90 Å². The van der Waals surface area contributed by atoms with E-state index >= 15 is 0 Å². The highest BCUT2D eigenvalue weighted by Crippen LogP contribution is 2.29. The lowest BCUT2D eigenvalue weighted by molar-refractivity contribution is -0.384. The predicted octanol–water partition coefficient (Wildman–Crippen LogP) is 3.42. The number of nitro groups is 1. The molecule has 0 aliphatic carbocycles. The number of rotatable bonds is 5. The Morgan fingerprint density at radius 3 is 2.69 bits per heavy atom. The molecule has 3 heterocycles. The van der Waals surface area contributed by atoms with Gasteiger partial charge in [-0.15, -0.1) is 0 Å². The maximum atomic E-state index is 10.9. The van der Waals surface area contributed by atoms with Crippen LogP contribution in [0.1, 0.15) is 43.0 Å². The van der Waals surface area contributed by atoms with E-state index in [1.54, 1.807) is 12.1 Å². The van der Waals surface area contributed by atoms with E-state index in [0.717, 1.165) is 61.1 Å². The molecule has 1 aromatic carbocycles. The van der Waals surface area contributed by atoms with E-state index in [0.29, 0.717) is 5.82 Å². The van der Waals surface area contributed by atoms with Crippen LogP contribution in [0.4, 0.5) is 11.5 Å². The van der Waals surface area contributed by atoms with E-state index in [-0.39, 0.29) is 11.6 Å². The number of H-pyrrole nitrogens is 1. The van der Waals surface area contributed by atoms with Gasteiger partial charge in [0.05, 0.1) is 4.92 Å². The maximum absolute atomic E-state index is 10.9. The number of nitrogens with one attached hydrogen (secondary N) is 1. The van der Waals surface area contributed by atoms with Crippen LogP contribution in [-0.2, 0) is 6.42 Å². The molecule has 0 bridgehead atoms. The first-order valence-electron chi connectivity index (χ1n) is 9.80. The van der Waals surface area contributed by atoms with Crippen LogP contribution in [0.5, 0.6) is 0 Å². The maximum Gasteiger partial charge on any atom is 0.269 e. The van der Waals surface area contributed by atoms with Crippen LogP contribution in [0.2, 0.25) is 0 Å². The highest BCUT2D eigenvalue weighted by molar-refractivity contribution is 5.60. The third-order valence-corrected chi connectivity index (χ3v) is 5.19. The fourth-order valence-electron chi connectivity index (χ4n) is 3.63. The number of hydrogen-bond donors (Lipinski definition) is 1. The normalized spacial score (nSPS) is 16.8. The van der Waals surface area contributed by atoms with Crippen LogP contribution >= 0.6 is 0 Å². The number of nitro benzene ring substituents is 1. The smallest absolute Gasteiger partial charge is 0.269 e. The molecular weight excluding hydrogens is 370 g/mol. The summed E-state index contributed by atoms with van der Waals surface area (Å²) in [5.41, 5.74) is 1.77. The van der Waals surface area contributed by atoms with E-state index in [4.69, 9.17) is 4.98 Å². The number of aromatic nitrogens is 5. The van der Waals surface area contributed by atoms with Crippen molar-refractivity contribution in [2.75, 3.05) is 18.0 Å². The van der Waals surface area contributed by atoms with E-state index in [1.165, 1.54) is 12.1 Å². The number of aromatic amines is 1. The minimum absolute atomic E-state index is 0.0567. The average molecular weight is 393 g/mol. The molecule has 1 fully saturated rings. The topological polar surface area (TPSA) is 114 Å². The van der Waals surface area contributed by atoms with Crippen molar-refractivity contribution in [3.63, 3.8) is 0 Å². The molecule has 1 saturated heterocycles. The van der Waals surface area contributed by atoms with Crippen molar-refractivity contribution in [3.05, 3.63) is 57.8 Å². The molecule has 2 aromatic heterocycles. The quantitative estimate of drug-likeness (QED) is 0.522. The number of benzene rings is 1. The number of anilines is 1. The molecule has 1 aliphatic heterocycles. The molecule has 0 spiro atoms. The van der Waals surface area contributed by atoms with Gasteiger partial charge in [-0.3, -0.25) is 15.2 Å². The van der Waals surface area contributed by atoms with Gasteiger partial charge in [0.2, 0.25) is 0 Å². The van der Waals surface area contributed by atoms with Gasteiger partial charge in [-0.1, -0.05) is 6.92 Å². The lowest BCUT2D eigenvalue weighted by atomic mass is 9.97. The van der Waals surface area contributed by atoms with Crippen molar-refractivity contribution in [2.24, 2.45) is 0 Å². The van der Waals surface area contributed by atoms with Gasteiger partial charge in [-0.05, 0) is 38.3 Å². The average Bonchev–Trinajstić information content (AvgIpc) is 3.20. The molecule has 9 heteroatoms. The Kier molecular flexibility index (Phi) is 5.20. The summed E-state index contributed by atoms with van der Waals surface area (Å²) in [5.74, 6) is 3.41. The largest absolute Gasteiger partial charge is 0.356 e. The van der Waals surface area contributed by atoms with E-state index < -0.39 is 4.92 Å². The third-order valence-electron chi connectivity index (χ3n) is 5.19. The van der Waals surface area contributed by atoms with Crippen molar-refractivity contribution >= 4 is 11.5 Å². The van der Waals surface area contributed by atoms with Crippen LogP contribution in [0.25, 0.3) is 11.4 Å². The number of aryl methyl sites for hydroxylation is 2. The lowest BCUT2D eigenvalue weighted by Crippen LogP contribution is -2.35. The van der Waals surface area contributed by atoms with Crippen molar-refractivity contribution in [1.82, 2.24) is 25.1 Å². The van der Waals surface area contributed by atoms with Gasteiger partial charge in [0, 0.05) is 48.5 Å². The molecule has 0 saturated carbocycles. The molecule has 150 valence electrons. The summed E-state index contributed by atoms with van der Waals surface area (Å²) >= 11 is 0. The highest BCUT2D eigenvalue weighted by Gasteiger charge is 2.26. The summed E-state index contributed by atoms with van der Waals surface area (Å²) in [6.45, 7) is 5.68. The molecule has 4 rings (SSSR count). The summed E-state index contributed by atoms with van der Waals surface area (Å²) in [7, 11) is 0. The van der Waals surface area contributed by atoms with Gasteiger partial charge in [0.15, 0.2) is 11.6 Å². The summed E-state index contributed by atoms with van der Waals surface area (Å²) in [6.07, 6.45) is 2.87. The fraction of sp³-hybridized carbons (Fsp3) is 0.400. The van der Waals surface area contributed by atoms with Crippen LogP contribution in [0.15, 0.2) is 30.3 Å². The summed E-state index contributed by atoms with van der Waals surface area (Å²) in [6, 6.07) is 8.40. The zero-order chi connectivity index (χ0) is 20.4. The number of nitrogens with zero attached hydrogens (tertiary/aromatic N) is 6. The lowest BCUT2D eigenvalue weighted by Gasteiger charge is -2.32. The Morgan fingerprint density at radius 1 is 1.24 bits per heavy atom. The fourth-order valence-corrected chi connectivity index (χ4v) is 3.63. The van der Waals surface area contributed by atoms with Gasteiger partial charge in [-0.25, -0.2) is 15.0 Å². The molecule has 1 N–H and O–H groups in total. The zero-order valence-corrected chi connectivity index (χ0v) is 16.5. The SMILES string of the molecule is CCc1cc(N2CCCC(c3n[nH]c(C)n3)C2)nc(-c2ccc([N+](=O)[O-])cc2)n1. The molecular formula is C20H23N7O2. The summed E-state index contributed by atoms with van der Waals surface area (Å²) < 4.78 is 0. The minimum Gasteiger partial charge on any atom is -0.356 e. The second-order valence-corrected chi connectivity index (χ2v) is 7.26. The molecule has 9 nitrogen and oxygen atoms in total. The molecule has 3 aromatic rings. The monoisotopic (exact) mass is 393 g/mol. The number of hydrogen-bond acceptors (Lipinski definition) is 7. The number of piperidine rings is 1. The second-order valence-electron chi connectivity index (χ2n) is 7.26. The van der Waals surface area contributed by atoms with Gasteiger partial charge in [-0.2, -0.15) is 5.10 Å². The van der Waals surface area contributed by atoms with Gasteiger partial charge >= 0.3 is 0 Å². The first-order valence-corrected chi connectivity index (χ1v) is 9.80. The summed E-state index contributed by atoms with van der Waals surface area (Å²) in [5, 5.41) is 18.2. The molecule has 1 aliphatic rings. The predicted molar refractivity (Wildman–Crippen MR) is 109 cm³/mol. The molecule has 1 unspecified atom stereocenters. The summed E-state index contributed by atoms with van der Waals surface area (Å²) in [4.78, 5) is 26.7. The van der Waals surface area contributed by atoms with E-state index in [9.17, 15) is 10.1 Å². The molecule has 0 radical (unpaired) electrons. The molecule has 29 heavy (non-hydrogen) atoms. The highest BCUT2D eigenvalue weighted by atomic mass is 16.6. The Labute approximate surface area is 168 Å². The first-order chi connectivity index (χ1) is 14.0. The van der Waals surface area contributed by atoms with Gasteiger partial charge in [0.25, 0.3) is 5.69 Å². The minimum atomic E-state index is -0.406. The first kappa shape index (κ1) is 19.0. The van der Waals surface area contributed by atoms with Crippen molar-refractivity contribution in [2.45, 2.75) is 39.0 Å². The Bertz CT molecular complexity index is 1020. The van der Waals surface area contributed by atoms with Gasteiger partial charge < -0.3 is 4.90 Å². The number of non-ortho nitro benzene ring substituents is 1. The van der Waals surface area contributed by atoms with Crippen molar-refractivity contribution < 1.29 is 4.92 Å². The van der Waals surface area contributed by atoms with Crippen LogP contribution in [0.3, 0.4) is 0 Å². The molecule has 0 amide bonds. The van der Waals surface area contributed by atoms with E-state index in [1.807, 2.05) is 13.0 Å². The second kappa shape index (κ2) is 7.94. The Morgan fingerprint density at radius 2 is 2.03 bits per heavy atom.